The highest BCUT2D eigenvalue weighted by Crippen LogP contribution is 2.43. The third-order valence-electron chi connectivity index (χ3n) is 7.71. The summed E-state index contributed by atoms with van der Waals surface area (Å²) in [5.41, 5.74) is 2.00. The van der Waals surface area contributed by atoms with E-state index in [1.54, 1.807) is 13.2 Å². The SMILES string of the molecule is COCC1(C(=O)NC[C@H]2[C@H]3C[C@H](CN(Cc4ccncc4)C3)c3cccc(=O)n32)CCC1. The largest absolute Gasteiger partial charge is 0.384 e. The summed E-state index contributed by atoms with van der Waals surface area (Å²) in [6.07, 6.45) is 7.54. The van der Waals surface area contributed by atoms with Crippen molar-refractivity contribution >= 4 is 5.91 Å². The van der Waals surface area contributed by atoms with Gasteiger partial charge >= 0.3 is 0 Å². The lowest BCUT2D eigenvalue weighted by atomic mass is 9.68. The van der Waals surface area contributed by atoms with Crippen LogP contribution in [0.15, 0.2) is 47.5 Å². The van der Waals surface area contributed by atoms with E-state index in [-0.39, 0.29) is 17.5 Å². The van der Waals surface area contributed by atoms with Crippen LogP contribution in [0.2, 0.25) is 0 Å². The van der Waals surface area contributed by atoms with Gasteiger partial charge in [0.15, 0.2) is 0 Å². The normalized spacial score (nSPS) is 26.1. The Morgan fingerprint density at radius 3 is 2.75 bits per heavy atom. The molecule has 1 N–H and O–H groups in total. The maximum absolute atomic E-state index is 13.1. The molecule has 0 aromatic carbocycles. The fourth-order valence-electron chi connectivity index (χ4n) is 5.98. The fraction of sp³-hybridized carbons (Fsp3) is 0.560. The fourth-order valence-corrected chi connectivity index (χ4v) is 5.98. The second-order valence-corrected chi connectivity index (χ2v) is 9.75. The number of carbonyl (C=O) groups excluding carboxylic acids is 1. The number of likely N-dealkylation sites (tertiary alicyclic amines) is 1. The van der Waals surface area contributed by atoms with E-state index in [9.17, 15) is 9.59 Å². The van der Waals surface area contributed by atoms with Crippen LogP contribution in [0.25, 0.3) is 0 Å². The summed E-state index contributed by atoms with van der Waals surface area (Å²) < 4.78 is 7.31. The number of carbonyl (C=O) groups is 1. The topological polar surface area (TPSA) is 76.5 Å². The van der Waals surface area contributed by atoms with Crippen molar-refractivity contribution < 1.29 is 9.53 Å². The average molecular weight is 437 g/mol. The van der Waals surface area contributed by atoms with Gasteiger partial charge in [0.1, 0.15) is 0 Å². The summed E-state index contributed by atoms with van der Waals surface area (Å²) in [5.74, 6) is 0.730. The van der Waals surface area contributed by atoms with Crippen molar-refractivity contribution in [3.63, 3.8) is 0 Å². The lowest BCUT2D eigenvalue weighted by molar-refractivity contribution is -0.140. The van der Waals surface area contributed by atoms with E-state index in [4.69, 9.17) is 4.74 Å². The Hall–Kier alpha value is -2.51. The Balaban J connectivity index is 1.37. The van der Waals surface area contributed by atoms with E-state index in [1.807, 2.05) is 23.0 Å². The Morgan fingerprint density at radius 1 is 1.22 bits per heavy atom. The molecular formula is C25H32N4O3. The molecule has 1 amide bonds. The average Bonchev–Trinajstić information content (AvgIpc) is 2.77. The van der Waals surface area contributed by atoms with Crippen LogP contribution in [0.4, 0.5) is 0 Å². The zero-order valence-electron chi connectivity index (χ0n) is 18.7. The standard InChI is InChI=1S/C25H32N4O3/c1-32-17-25(8-3-9-25)24(31)27-13-22-20-12-19(21-4-2-5-23(30)29(21)22)15-28(16-20)14-18-6-10-26-11-7-18/h2,4-7,10-11,19-20,22H,3,8-9,12-17H2,1H3,(H,27,31)/t19-,20+,22+/m1/s1. The minimum atomic E-state index is -0.392. The summed E-state index contributed by atoms with van der Waals surface area (Å²) >= 11 is 0. The van der Waals surface area contributed by atoms with Crippen molar-refractivity contribution in [2.75, 3.05) is 33.4 Å². The molecule has 2 bridgehead atoms. The van der Waals surface area contributed by atoms with Gasteiger partial charge in [0, 0.05) is 63.4 Å². The lowest BCUT2D eigenvalue weighted by Crippen LogP contribution is -2.54. The summed E-state index contributed by atoms with van der Waals surface area (Å²) in [4.78, 5) is 32.6. The molecule has 1 saturated carbocycles. The second-order valence-electron chi connectivity index (χ2n) is 9.75. The van der Waals surface area contributed by atoms with Crippen LogP contribution in [0.3, 0.4) is 0 Å². The van der Waals surface area contributed by atoms with Crippen molar-refractivity contribution in [2.24, 2.45) is 11.3 Å². The first-order valence-electron chi connectivity index (χ1n) is 11.7. The number of ether oxygens (including phenoxy) is 1. The van der Waals surface area contributed by atoms with Gasteiger partial charge in [0.2, 0.25) is 5.91 Å². The molecule has 1 saturated heterocycles. The molecule has 0 spiro atoms. The molecule has 4 heterocycles. The number of nitrogens with one attached hydrogen (secondary N) is 1. The van der Waals surface area contributed by atoms with Gasteiger partial charge in [-0.15, -0.1) is 0 Å². The minimum absolute atomic E-state index is 0.0289. The number of amides is 1. The van der Waals surface area contributed by atoms with Crippen LogP contribution >= 0.6 is 0 Å². The van der Waals surface area contributed by atoms with E-state index in [0.717, 1.165) is 51.0 Å². The summed E-state index contributed by atoms with van der Waals surface area (Å²) in [7, 11) is 1.66. The van der Waals surface area contributed by atoms with Crippen molar-refractivity contribution in [1.82, 2.24) is 19.8 Å². The molecule has 0 radical (unpaired) electrons. The van der Waals surface area contributed by atoms with Gasteiger partial charge in [-0.05, 0) is 48.9 Å². The highest BCUT2D eigenvalue weighted by Gasteiger charge is 2.45. The number of pyridine rings is 2. The quantitative estimate of drug-likeness (QED) is 0.721. The van der Waals surface area contributed by atoms with Gasteiger partial charge in [0.05, 0.1) is 18.1 Å². The van der Waals surface area contributed by atoms with E-state index < -0.39 is 5.41 Å². The first kappa shape index (κ1) is 21.3. The zero-order valence-corrected chi connectivity index (χ0v) is 18.7. The van der Waals surface area contributed by atoms with Crippen LogP contribution < -0.4 is 10.9 Å². The van der Waals surface area contributed by atoms with Crippen molar-refractivity contribution in [2.45, 2.75) is 44.2 Å². The van der Waals surface area contributed by atoms with Gasteiger partial charge in [-0.25, -0.2) is 0 Å². The Morgan fingerprint density at radius 2 is 2.03 bits per heavy atom. The maximum Gasteiger partial charge on any atom is 0.251 e. The highest BCUT2D eigenvalue weighted by molar-refractivity contribution is 5.83. The molecule has 1 aliphatic carbocycles. The van der Waals surface area contributed by atoms with Crippen LogP contribution in [0.5, 0.6) is 0 Å². The molecule has 2 fully saturated rings. The third kappa shape index (κ3) is 3.88. The van der Waals surface area contributed by atoms with Crippen molar-refractivity contribution in [3.8, 4) is 0 Å². The number of hydrogen-bond acceptors (Lipinski definition) is 5. The molecule has 32 heavy (non-hydrogen) atoms. The van der Waals surface area contributed by atoms with Gasteiger partial charge < -0.3 is 14.6 Å². The minimum Gasteiger partial charge on any atom is -0.384 e. The van der Waals surface area contributed by atoms with Crippen LogP contribution in [0, 0.1) is 11.3 Å². The highest BCUT2D eigenvalue weighted by atomic mass is 16.5. The van der Waals surface area contributed by atoms with E-state index in [2.05, 4.69) is 33.4 Å². The number of fused-ring (bicyclic) bond motifs is 4. The molecule has 7 heteroatoms. The number of nitrogens with zero attached hydrogens (tertiary/aromatic N) is 3. The number of piperidine rings is 1. The van der Waals surface area contributed by atoms with Crippen molar-refractivity contribution in [3.05, 3.63) is 64.3 Å². The molecule has 7 nitrogen and oxygen atoms in total. The van der Waals surface area contributed by atoms with Crippen LogP contribution in [-0.4, -0.2) is 53.7 Å². The molecule has 2 aromatic rings. The van der Waals surface area contributed by atoms with Crippen LogP contribution in [0.1, 0.15) is 48.9 Å². The number of methoxy groups -OCH3 is 1. The summed E-state index contributed by atoms with van der Waals surface area (Å²) in [5, 5.41) is 3.21. The van der Waals surface area contributed by atoms with Gasteiger partial charge in [-0.2, -0.15) is 0 Å². The van der Waals surface area contributed by atoms with Crippen LogP contribution in [-0.2, 0) is 16.1 Å². The number of rotatable bonds is 7. The van der Waals surface area contributed by atoms with E-state index >= 15 is 0 Å². The third-order valence-corrected chi connectivity index (χ3v) is 7.71. The second kappa shape index (κ2) is 8.79. The predicted molar refractivity (Wildman–Crippen MR) is 121 cm³/mol. The monoisotopic (exact) mass is 436 g/mol. The summed E-state index contributed by atoms with van der Waals surface area (Å²) in [6.45, 7) is 3.69. The molecule has 170 valence electrons. The number of hydrogen-bond donors (Lipinski definition) is 1. The molecular weight excluding hydrogens is 404 g/mol. The molecule has 2 aliphatic heterocycles. The Kier molecular flexibility index (Phi) is 5.86. The smallest absolute Gasteiger partial charge is 0.251 e. The first-order valence-corrected chi connectivity index (χ1v) is 11.7. The molecule has 0 unspecified atom stereocenters. The Labute approximate surface area is 188 Å². The zero-order chi connectivity index (χ0) is 22.1. The Bertz CT molecular complexity index is 1020. The van der Waals surface area contributed by atoms with Gasteiger partial charge in [-0.1, -0.05) is 12.5 Å². The predicted octanol–water partition coefficient (Wildman–Crippen LogP) is 2.34. The summed E-state index contributed by atoms with van der Waals surface area (Å²) in [6, 6.07) is 9.70. The van der Waals surface area contributed by atoms with Gasteiger partial charge in [0.25, 0.3) is 5.56 Å². The number of aromatic nitrogens is 2. The maximum atomic E-state index is 13.1. The molecule has 3 aliphatic rings. The van der Waals surface area contributed by atoms with Gasteiger partial charge in [-0.3, -0.25) is 19.5 Å². The lowest BCUT2D eigenvalue weighted by Gasteiger charge is -2.47. The van der Waals surface area contributed by atoms with Crippen molar-refractivity contribution in [1.29, 1.82) is 0 Å². The van der Waals surface area contributed by atoms with E-state index in [0.29, 0.717) is 25.0 Å². The molecule has 5 rings (SSSR count). The molecule has 3 atom stereocenters. The van der Waals surface area contributed by atoms with E-state index in [1.165, 1.54) is 5.56 Å². The molecule has 2 aromatic heterocycles. The first-order chi connectivity index (χ1) is 15.6.